The summed E-state index contributed by atoms with van der Waals surface area (Å²) in [4.78, 5) is 6.65. The van der Waals surface area contributed by atoms with Gasteiger partial charge in [-0.2, -0.15) is 5.21 Å². The average Bonchev–Trinajstić information content (AvgIpc) is 3.24. The molecule has 0 amide bonds. The number of rotatable bonds is 7. The highest BCUT2D eigenvalue weighted by atomic mass is 32.1. The smallest absolute Gasteiger partial charge is 0.223 e. The summed E-state index contributed by atoms with van der Waals surface area (Å²) in [6.45, 7) is 1.14. The van der Waals surface area contributed by atoms with E-state index < -0.39 is 0 Å². The van der Waals surface area contributed by atoms with E-state index in [9.17, 15) is 4.39 Å². The van der Waals surface area contributed by atoms with Crippen LogP contribution in [0.2, 0.25) is 0 Å². The molecule has 0 spiro atoms. The van der Waals surface area contributed by atoms with Crippen molar-refractivity contribution in [2.24, 2.45) is 0 Å². The number of thiazole rings is 1. The van der Waals surface area contributed by atoms with Crippen molar-refractivity contribution in [3.63, 3.8) is 0 Å². The number of likely N-dealkylation sites (N-methyl/N-ethyl adjacent to an activating group) is 1. The number of hydrogen-bond donors (Lipinski definition) is 1. The molecule has 0 aliphatic rings. The number of benzene rings is 1. The number of aromatic nitrogens is 5. The molecule has 0 bridgehead atoms. The highest BCUT2D eigenvalue weighted by Gasteiger charge is 2.19. The molecule has 1 N–H and O–H groups in total. The van der Waals surface area contributed by atoms with Gasteiger partial charge in [0, 0.05) is 12.5 Å². The molecule has 3 aromatic rings. The van der Waals surface area contributed by atoms with E-state index in [2.05, 4.69) is 30.5 Å². The Kier molecular flexibility index (Phi) is 5.24. The summed E-state index contributed by atoms with van der Waals surface area (Å²) in [5.41, 5.74) is 1.69. The Balaban J connectivity index is 1.73. The van der Waals surface area contributed by atoms with Crippen LogP contribution in [0.5, 0.6) is 0 Å². The molecule has 0 fully saturated rings. The number of H-pyrrole nitrogens is 1. The van der Waals surface area contributed by atoms with Gasteiger partial charge in [-0.25, -0.2) is 9.37 Å². The normalized spacial score (nSPS) is 12.7. The number of ether oxygens (including phenoxy) is 1. The molecule has 3 rings (SSSR count). The first-order chi connectivity index (χ1) is 11.7. The Morgan fingerprint density at radius 2 is 2.12 bits per heavy atom. The van der Waals surface area contributed by atoms with Crippen molar-refractivity contribution >= 4 is 11.3 Å². The maximum atomic E-state index is 13.1. The molecule has 0 radical (unpaired) electrons. The maximum Gasteiger partial charge on any atom is 0.223 e. The number of aromatic amines is 1. The third-order valence-corrected chi connectivity index (χ3v) is 4.46. The van der Waals surface area contributed by atoms with Crippen LogP contribution in [0.3, 0.4) is 0 Å². The van der Waals surface area contributed by atoms with E-state index in [0.717, 1.165) is 10.6 Å². The Bertz CT molecular complexity index is 761. The Hall–Kier alpha value is -2.23. The second-order valence-electron chi connectivity index (χ2n) is 5.30. The van der Waals surface area contributed by atoms with Crippen LogP contribution >= 0.6 is 11.3 Å². The fourth-order valence-electron chi connectivity index (χ4n) is 2.40. The van der Waals surface area contributed by atoms with E-state index >= 15 is 0 Å². The number of halogens is 1. The zero-order chi connectivity index (χ0) is 16.9. The van der Waals surface area contributed by atoms with Gasteiger partial charge in [0.15, 0.2) is 0 Å². The van der Waals surface area contributed by atoms with Gasteiger partial charge >= 0.3 is 0 Å². The molecule has 0 saturated heterocycles. The number of tetrazole rings is 1. The third-order valence-electron chi connectivity index (χ3n) is 3.62. The van der Waals surface area contributed by atoms with Crippen molar-refractivity contribution < 1.29 is 9.13 Å². The highest BCUT2D eigenvalue weighted by molar-refractivity contribution is 7.09. The molecule has 1 aromatic carbocycles. The van der Waals surface area contributed by atoms with Gasteiger partial charge in [0.05, 0.1) is 19.2 Å². The molecule has 1 unspecified atom stereocenters. The Morgan fingerprint density at radius 3 is 2.79 bits per heavy atom. The van der Waals surface area contributed by atoms with Crippen LogP contribution < -0.4 is 0 Å². The summed E-state index contributed by atoms with van der Waals surface area (Å²) in [5, 5.41) is 16.6. The molecule has 2 heterocycles. The lowest BCUT2D eigenvalue weighted by atomic mass is 10.1. The summed E-state index contributed by atoms with van der Waals surface area (Å²) < 4.78 is 18.5. The second-order valence-corrected chi connectivity index (χ2v) is 6.24. The van der Waals surface area contributed by atoms with Crippen LogP contribution in [0.25, 0.3) is 11.5 Å². The monoisotopic (exact) mass is 348 g/mol. The van der Waals surface area contributed by atoms with Crippen molar-refractivity contribution in [1.82, 2.24) is 30.5 Å². The zero-order valence-corrected chi connectivity index (χ0v) is 14.1. The van der Waals surface area contributed by atoms with Gasteiger partial charge in [0.2, 0.25) is 5.82 Å². The third kappa shape index (κ3) is 3.81. The fourth-order valence-corrected chi connectivity index (χ4v) is 3.24. The first-order valence-electron chi connectivity index (χ1n) is 7.30. The van der Waals surface area contributed by atoms with Crippen LogP contribution in [0.4, 0.5) is 4.39 Å². The predicted molar refractivity (Wildman–Crippen MR) is 87.8 cm³/mol. The van der Waals surface area contributed by atoms with Gasteiger partial charge in [-0.3, -0.25) is 4.90 Å². The molecule has 7 nitrogen and oxygen atoms in total. The molecular weight excluding hydrogens is 331 g/mol. The maximum absolute atomic E-state index is 13.1. The highest BCUT2D eigenvalue weighted by Crippen LogP contribution is 2.24. The van der Waals surface area contributed by atoms with Crippen LogP contribution in [0.15, 0.2) is 29.6 Å². The molecular formula is C15H17FN6OS. The number of nitrogens with one attached hydrogen (secondary N) is 1. The van der Waals surface area contributed by atoms with E-state index in [1.807, 2.05) is 12.4 Å². The Morgan fingerprint density at radius 1 is 1.33 bits per heavy atom. The quantitative estimate of drug-likeness (QED) is 0.706. The van der Waals surface area contributed by atoms with Crippen molar-refractivity contribution in [3.05, 3.63) is 46.0 Å². The van der Waals surface area contributed by atoms with Crippen LogP contribution in [0, 0.1) is 5.82 Å². The molecule has 126 valence electrons. The van der Waals surface area contributed by atoms with Crippen LogP contribution in [0.1, 0.15) is 16.6 Å². The Labute approximate surface area is 142 Å². The number of methoxy groups -OCH3 is 1. The van der Waals surface area contributed by atoms with E-state index in [-0.39, 0.29) is 11.9 Å². The topological polar surface area (TPSA) is 79.8 Å². The minimum absolute atomic E-state index is 0.00752. The van der Waals surface area contributed by atoms with Crippen molar-refractivity contribution in [3.8, 4) is 11.5 Å². The van der Waals surface area contributed by atoms with Crippen LogP contribution in [-0.4, -0.2) is 51.3 Å². The fraction of sp³-hybridized carbons (Fsp3) is 0.333. The molecule has 9 heteroatoms. The summed E-state index contributed by atoms with van der Waals surface area (Å²) in [6.07, 6.45) is 0. The number of hydrogen-bond acceptors (Lipinski definition) is 7. The molecule has 0 aliphatic heterocycles. The van der Waals surface area contributed by atoms with E-state index in [0.29, 0.717) is 24.7 Å². The molecule has 24 heavy (non-hydrogen) atoms. The molecule has 0 aliphatic carbocycles. The zero-order valence-electron chi connectivity index (χ0n) is 13.3. The molecule has 1 atom stereocenters. The van der Waals surface area contributed by atoms with Gasteiger partial charge in [-0.15, -0.1) is 21.5 Å². The van der Waals surface area contributed by atoms with E-state index in [4.69, 9.17) is 4.74 Å². The van der Waals surface area contributed by atoms with Gasteiger partial charge in [0.1, 0.15) is 16.5 Å². The average molecular weight is 348 g/mol. The predicted octanol–water partition coefficient (Wildman–Crippen LogP) is 2.28. The molecule has 2 aromatic heterocycles. The minimum atomic E-state index is -0.248. The lowest BCUT2D eigenvalue weighted by Gasteiger charge is -2.27. The minimum Gasteiger partial charge on any atom is -0.383 e. The first-order valence-corrected chi connectivity index (χ1v) is 8.18. The summed E-state index contributed by atoms with van der Waals surface area (Å²) >= 11 is 1.53. The first kappa shape index (κ1) is 16.6. The lowest BCUT2D eigenvalue weighted by molar-refractivity contribution is 0.102. The summed E-state index contributed by atoms with van der Waals surface area (Å²) in [5.74, 6) is 0.231. The molecule has 0 saturated carbocycles. The van der Waals surface area contributed by atoms with Gasteiger partial charge in [-0.05, 0) is 30.0 Å². The van der Waals surface area contributed by atoms with Crippen molar-refractivity contribution in [2.75, 3.05) is 20.8 Å². The van der Waals surface area contributed by atoms with E-state index in [1.54, 1.807) is 19.2 Å². The number of nitrogens with zero attached hydrogens (tertiary/aromatic N) is 5. The summed E-state index contributed by atoms with van der Waals surface area (Å²) in [7, 11) is 3.64. The van der Waals surface area contributed by atoms with Gasteiger partial charge < -0.3 is 4.74 Å². The largest absolute Gasteiger partial charge is 0.383 e. The van der Waals surface area contributed by atoms with Gasteiger partial charge in [-0.1, -0.05) is 12.1 Å². The van der Waals surface area contributed by atoms with Gasteiger partial charge in [0.25, 0.3) is 0 Å². The second kappa shape index (κ2) is 7.56. The standard InChI is InChI=1S/C15H17FN6OS/c1-22(13(8-23-2)10-3-5-11(16)6-4-10)7-14-17-12(9-24-14)15-18-20-21-19-15/h3-6,9,13H,7-8H2,1-2H3,(H,18,19,20,21). The van der Waals surface area contributed by atoms with E-state index in [1.165, 1.54) is 23.5 Å². The SMILES string of the molecule is COCC(c1ccc(F)cc1)N(C)Cc1nc(-c2nn[nH]n2)cs1. The van der Waals surface area contributed by atoms with Crippen molar-refractivity contribution in [2.45, 2.75) is 12.6 Å². The lowest BCUT2D eigenvalue weighted by Crippen LogP contribution is -2.27. The van der Waals surface area contributed by atoms with Crippen molar-refractivity contribution in [1.29, 1.82) is 0 Å². The van der Waals surface area contributed by atoms with Crippen LogP contribution in [-0.2, 0) is 11.3 Å². The summed E-state index contributed by atoms with van der Waals surface area (Å²) in [6, 6.07) is 6.49.